The minimum atomic E-state index is 0.0112. The van der Waals surface area contributed by atoms with Gasteiger partial charge in [0.25, 0.3) is 0 Å². The molecule has 4 nitrogen and oxygen atoms in total. The molecule has 90 valence electrons. The van der Waals surface area contributed by atoms with E-state index in [-0.39, 0.29) is 5.54 Å². The largest absolute Gasteiger partial charge is 0.380 e. The van der Waals surface area contributed by atoms with Gasteiger partial charge in [0.2, 0.25) is 0 Å². The number of rotatable bonds is 5. The standard InChI is InChI=1S/C11H25N3O/c1-4-15-10-11(2,9-12)14-7-5-13(3)6-8-14/h4-10,12H2,1-3H3. The average Bonchev–Trinajstić information content (AvgIpc) is 2.27. The molecule has 0 saturated carbocycles. The van der Waals surface area contributed by atoms with Crippen molar-refractivity contribution in [1.29, 1.82) is 0 Å². The highest BCUT2D eigenvalue weighted by molar-refractivity contribution is 4.89. The highest BCUT2D eigenvalue weighted by Gasteiger charge is 2.32. The molecule has 4 heteroatoms. The lowest BCUT2D eigenvalue weighted by Gasteiger charge is -2.44. The molecular weight excluding hydrogens is 190 g/mol. The van der Waals surface area contributed by atoms with Gasteiger partial charge in [-0.25, -0.2) is 0 Å². The fourth-order valence-electron chi connectivity index (χ4n) is 1.95. The van der Waals surface area contributed by atoms with Crippen LogP contribution in [0.5, 0.6) is 0 Å². The van der Waals surface area contributed by atoms with Crippen LogP contribution in [0.25, 0.3) is 0 Å². The molecule has 0 spiro atoms. The monoisotopic (exact) mass is 215 g/mol. The van der Waals surface area contributed by atoms with E-state index in [1.54, 1.807) is 0 Å². The molecule has 15 heavy (non-hydrogen) atoms. The lowest BCUT2D eigenvalue weighted by atomic mass is 10.00. The first-order valence-electron chi connectivity index (χ1n) is 5.84. The van der Waals surface area contributed by atoms with Gasteiger partial charge in [0, 0.05) is 39.3 Å². The molecular formula is C11H25N3O. The quantitative estimate of drug-likeness (QED) is 0.700. The van der Waals surface area contributed by atoms with Crippen molar-refractivity contribution in [1.82, 2.24) is 9.80 Å². The van der Waals surface area contributed by atoms with Crippen LogP contribution in [0.4, 0.5) is 0 Å². The summed E-state index contributed by atoms with van der Waals surface area (Å²) in [7, 11) is 2.17. The predicted octanol–water partition coefficient (Wildman–Crippen LogP) is -0.0123. The summed E-state index contributed by atoms with van der Waals surface area (Å²) in [6, 6.07) is 0. The van der Waals surface area contributed by atoms with Crippen LogP contribution in [0.15, 0.2) is 0 Å². The molecule has 1 heterocycles. The van der Waals surface area contributed by atoms with Crippen molar-refractivity contribution in [3.8, 4) is 0 Å². The van der Waals surface area contributed by atoms with E-state index < -0.39 is 0 Å². The third-order valence-electron chi connectivity index (χ3n) is 3.32. The third kappa shape index (κ3) is 3.41. The predicted molar refractivity (Wildman–Crippen MR) is 63.0 cm³/mol. The number of hydrogen-bond acceptors (Lipinski definition) is 4. The number of nitrogens with two attached hydrogens (primary N) is 1. The molecule has 0 aliphatic carbocycles. The second-order valence-electron chi connectivity index (χ2n) is 4.63. The Hall–Kier alpha value is -0.160. The summed E-state index contributed by atoms with van der Waals surface area (Å²) in [5.74, 6) is 0. The Labute approximate surface area is 93.4 Å². The molecule has 1 fully saturated rings. The summed E-state index contributed by atoms with van der Waals surface area (Å²) >= 11 is 0. The van der Waals surface area contributed by atoms with Crippen molar-refractivity contribution in [3.05, 3.63) is 0 Å². The van der Waals surface area contributed by atoms with Gasteiger partial charge in [-0.1, -0.05) is 0 Å². The molecule has 1 unspecified atom stereocenters. The van der Waals surface area contributed by atoms with E-state index in [1.165, 1.54) is 0 Å². The van der Waals surface area contributed by atoms with Crippen LogP contribution in [-0.2, 0) is 4.74 Å². The zero-order valence-corrected chi connectivity index (χ0v) is 10.3. The van der Waals surface area contributed by atoms with Crippen molar-refractivity contribution in [3.63, 3.8) is 0 Å². The molecule has 1 rings (SSSR count). The summed E-state index contributed by atoms with van der Waals surface area (Å²) in [6.45, 7) is 10.8. The van der Waals surface area contributed by atoms with E-state index in [1.807, 2.05) is 6.92 Å². The molecule has 0 aromatic heterocycles. The van der Waals surface area contributed by atoms with Crippen LogP contribution in [0.1, 0.15) is 13.8 Å². The number of piperazine rings is 1. The maximum Gasteiger partial charge on any atom is 0.0659 e. The Morgan fingerprint density at radius 2 is 1.87 bits per heavy atom. The molecule has 1 aliphatic rings. The fraction of sp³-hybridized carbons (Fsp3) is 1.00. The Morgan fingerprint density at radius 1 is 1.27 bits per heavy atom. The Morgan fingerprint density at radius 3 is 2.33 bits per heavy atom. The van der Waals surface area contributed by atoms with Gasteiger partial charge in [-0.3, -0.25) is 4.90 Å². The molecule has 0 aromatic carbocycles. The van der Waals surface area contributed by atoms with Gasteiger partial charge < -0.3 is 15.4 Å². The van der Waals surface area contributed by atoms with E-state index in [2.05, 4.69) is 23.8 Å². The van der Waals surface area contributed by atoms with Gasteiger partial charge >= 0.3 is 0 Å². The number of likely N-dealkylation sites (N-methyl/N-ethyl adjacent to an activating group) is 1. The van der Waals surface area contributed by atoms with Crippen molar-refractivity contribution in [2.24, 2.45) is 5.73 Å². The van der Waals surface area contributed by atoms with Gasteiger partial charge in [-0.2, -0.15) is 0 Å². The molecule has 0 amide bonds. The molecule has 2 N–H and O–H groups in total. The maximum absolute atomic E-state index is 5.88. The van der Waals surface area contributed by atoms with Gasteiger partial charge in [-0.15, -0.1) is 0 Å². The normalized spacial score (nSPS) is 24.0. The first kappa shape index (κ1) is 12.9. The lowest BCUT2D eigenvalue weighted by Crippen LogP contribution is -2.60. The van der Waals surface area contributed by atoms with Crippen molar-refractivity contribution >= 4 is 0 Å². The molecule has 1 saturated heterocycles. The smallest absolute Gasteiger partial charge is 0.0659 e. The number of nitrogens with zero attached hydrogens (tertiary/aromatic N) is 2. The minimum absolute atomic E-state index is 0.0112. The Balaban J connectivity index is 2.49. The average molecular weight is 215 g/mol. The zero-order valence-electron chi connectivity index (χ0n) is 10.3. The lowest BCUT2D eigenvalue weighted by molar-refractivity contribution is -0.0108. The molecule has 0 aromatic rings. The van der Waals surface area contributed by atoms with Gasteiger partial charge in [-0.05, 0) is 20.9 Å². The van der Waals surface area contributed by atoms with Crippen LogP contribution < -0.4 is 5.73 Å². The van der Waals surface area contributed by atoms with Crippen LogP contribution in [-0.4, -0.2) is 68.3 Å². The van der Waals surface area contributed by atoms with E-state index in [0.29, 0.717) is 6.54 Å². The summed E-state index contributed by atoms with van der Waals surface area (Å²) in [5, 5.41) is 0. The van der Waals surface area contributed by atoms with Gasteiger partial charge in [0.05, 0.1) is 12.1 Å². The van der Waals surface area contributed by atoms with E-state index in [4.69, 9.17) is 10.5 Å². The Bertz CT molecular complexity index is 181. The maximum atomic E-state index is 5.88. The van der Waals surface area contributed by atoms with Crippen LogP contribution in [0.2, 0.25) is 0 Å². The first-order valence-corrected chi connectivity index (χ1v) is 5.84. The highest BCUT2D eigenvalue weighted by Crippen LogP contribution is 2.16. The Kier molecular flexibility index (Phi) is 4.99. The molecule has 0 radical (unpaired) electrons. The van der Waals surface area contributed by atoms with Gasteiger partial charge in [0.15, 0.2) is 0 Å². The van der Waals surface area contributed by atoms with Crippen LogP contribution in [0.3, 0.4) is 0 Å². The summed E-state index contributed by atoms with van der Waals surface area (Å²) < 4.78 is 5.53. The minimum Gasteiger partial charge on any atom is -0.380 e. The van der Waals surface area contributed by atoms with Crippen LogP contribution >= 0.6 is 0 Å². The SMILES string of the molecule is CCOCC(C)(CN)N1CCN(C)CC1. The topological polar surface area (TPSA) is 41.7 Å². The third-order valence-corrected chi connectivity index (χ3v) is 3.32. The van der Waals surface area contributed by atoms with Crippen LogP contribution in [0, 0.1) is 0 Å². The summed E-state index contributed by atoms with van der Waals surface area (Å²) in [6.07, 6.45) is 0. The number of ether oxygens (including phenoxy) is 1. The van der Waals surface area contributed by atoms with Gasteiger partial charge in [0.1, 0.15) is 0 Å². The molecule has 1 atom stereocenters. The van der Waals surface area contributed by atoms with Crippen molar-refractivity contribution < 1.29 is 4.74 Å². The van der Waals surface area contributed by atoms with E-state index >= 15 is 0 Å². The van der Waals surface area contributed by atoms with E-state index in [9.17, 15) is 0 Å². The number of hydrogen-bond donors (Lipinski definition) is 1. The second-order valence-corrected chi connectivity index (χ2v) is 4.63. The zero-order chi connectivity index (χ0) is 11.3. The molecule has 0 bridgehead atoms. The first-order chi connectivity index (χ1) is 7.12. The van der Waals surface area contributed by atoms with Crippen molar-refractivity contribution in [2.45, 2.75) is 19.4 Å². The second kappa shape index (κ2) is 5.80. The molecule has 1 aliphatic heterocycles. The fourth-order valence-corrected chi connectivity index (χ4v) is 1.95. The summed E-state index contributed by atoms with van der Waals surface area (Å²) in [5.41, 5.74) is 5.89. The highest BCUT2D eigenvalue weighted by atomic mass is 16.5. The summed E-state index contributed by atoms with van der Waals surface area (Å²) in [4.78, 5) is 4.82. The van der Waals surface area contributed by atoms with Crippen molar-refractivity contribution in [2.75, 3.05) is 53.0 Å². The van der Waals surface area contributed by atoms with E-state index in [0.717, 1.165) is 39.4 Å².